The molecule has 0 atom stereocenters. The zero-order valence-electron chi connectivity index (χ0n) is 8.42. The lowest BCUT2D eigenvalue weighted by Gasteiger charge is -1.97. The number of non-ortho nitro benzene ring substituents is 1. The molecule has 16 heavy (non-hydrogen) atoms. The normalized spacial score (nSPS) is 10.3. The predicted molar refractivity (Wildman–Crippen MR) is 64.3 cm³/mol. The van der Waals surface area contributed by atoms with Crippen LogP contribution < -0.4 is 5.73 Å². The molecule has 0 aliphatic rings. The lowest BCUT2D eigenvalue weighted by atomic mass is 10.1. The van der Waals surface area contributed by atoms with Crippen LogP contribution in [0.15, 0.2) is 35.7 Å². The second-order valence-corrected chi connectivity index (χ2v) is 4.31. The van der Waals surface area contributed by atoms with Crippen molar-refractivity contribution < 1.29 is 4.92 Å². The molecule has 2 aromatic rings. The van der Waals surface area contributed by atoms with Gasteiger partial charge in [-0.2, -0.15) is 0 Å². The number of hydrogen-bond acceptors (Lipinski definition) is 4. The maximum absolute atomic E-state index is 10.6. The molecule has 0 unspecified atom stereocenters. The topological polar surface area (TPSA) is 69.2 Å². The lowest BCUT2D eigenvalue weighted by Crippen LogP contribution is -1.91. The molecule has 0 saturated heterocycles. The Kier molecular flexibility index (Phi) is 2.98. The Bertz CT molecular complexity index is 522. The Morgan fingerprint density at radius 2 is 2.12 bits per heavy atom. The van der Waals surface area contributed by atoms with Crippen LogP contribution in [0.25, 0.3) is 11.1 Å². The van der Waals surface area contributed by atoms with Crippen LogP contribution in [-0.4, -0.2) is 4.92 Å². The van der Waals surface area contributed by atoms with Gasteiger partial charge in [-0.15, -0.1) is 11.3 Å². The van der Waals surface area contributed by atoms with E-state index in [9.17, 15) is 10.1 Å². The van der Waals surface area contributed by atoms with Gasteiger partial charge in [0, 0.05) is 23.6 Å². The summed E-state index contributed by atoms with van der Waals surface area (Å²) in [4.78, 5) is 11.3. The van der Waals surface area contributed by atoms with Crippen molar-refractivity contribution >= 4 is 17.0 Å². The second-order valence-electron chi connectivity index (χ2n) is 3.31. The third kappa shape index (κ3) is 2.10. The highest BCUT2D eigenvalue weighted by Gasteiger charge is 2.08. The summed E-state index contributed by atoms with van der Waals surface area (Å²) in [6, 6.07) is 8.56. The fraction of sp³-hybridized carbons (Fsp3) is 0.0909. The van der Waals surface area contributed by atoms with Crippen LogP contribution in [0.2, 0.25) is 0 Å². The molecule has 2 rings (SSSR count). The highest BCUT2D eigenvalue weighted by Crippen LogP contribution is 2.27. The molecule has 0 aliphatic heterocycles. The Morgan fingerprint density at radius 3 is 2.75 bits per heavy atom. The number of nitrogens with two attached hydrogens (primary N) is 1. The summed E-state index contributed by atoms with van der Waals surface area (Å²) in [5.74, 6) is 0. The first-order valence-electron chi connectivity index (χ1n) is 4.73. The molecule has 2 N–H and O–H groups in total. The van der Waals surface area contributed by atoms with Gasteiger partial charge in [0.2, 0.25) is 0 Å². The smallest absolute Gasteiger partial charge is 0.270 e. The number of rotatable bonds is 3. The van der Waals surface area contributed by atoms with Gasteiger partial charge in [-0.1, -0.05) is 12.1 Å². The predicted octanol–water partition coefficient (Wildman–Crippen LogP) is 2.78. The molecule has 0 saturated carbocycles. The monoisotopic (exact) mass is 234 g/mol. The van der Waals surface area contributed by atoms with Crippen molar-refractivity contribution in [1.29, 1.82) is 0 Å². The summed E-state index contributed by atoms with van der Waals surface area (Å²) in [6.07, 6.45) is 0. The van der Waals surface area contributed by atoms with Crippen molar-refractivity contribution in [2.75, 3.05) is 0 Å². The largest absolute Gasteiger partial charge is 0.326 e. The van der Waals surface area contributed by atoms with E-state index in [1.807, 2.05) is 17.5 Å². The SMILES string of the molecule is NCc1cc(-c2cccc([N+](=O)[O-])c2)cs1. The van der Waals surface area contributed by atoms with Gasteiger partial charge in [-0.05, 0) is 22.6 Å². The fourth-order valence-electron chi connectivity index (χ4n) is 1.44. The van der Waals surface area contributed by atoms with Crippen molar-refractivity contribution in [3.05, 3.63) is 50.7 Å². The van der Waals surface area contributed by atoms with E-state index in [0.29, 0.717) is 6.54 Å². The third-order valence-corrected chi connectivity index (χ3v) is 3.20. The number of nitro groups is 1. The minimum atomic E-state index is -0.389. The summed E-state index contributed by atoms with van der Waals surface area (Å²) in [5, 5.41) is 12.6. The number of thiophene rings is 1. The molecule has 0 amide bonds. The Hall–Kier alpha value is -1.72. The molecule has 1 aromatic heterocycles. The number of hydrogen-bond donors (Lipinski definition) is 1. The van der Waals surface area contributed by atoms with Crippen molar-refractivity contribution in [2.45, 2.75) is 6.54 Å². The van der Waals surface area contributed by atoms with E-state index < -0.39 is 0 Å². The maximum atomic E-state index is 10.6. The van der Waals surface area contributed by atoms with Crippen molar-refractivity contribution in [1.82, 2.24) is 0 Å². The van der Waals surface area contributed by atoms with Gasteiger partial charge in [-0.25, -0.2) is 0 Å². The molecule has 1 heterocycles. The first kappa shape index (κ1) is 10.8. The lowest BCUT2D eigenvalue weighted by molar-refractivity contribution is -0.384. The van der Waals surface area contributed by atoms with Crippen LogP contribution in [0.1, 0.15) is 4.88 Å². The van der Waals surface area contributed by atoms with Crippen LogP contribution in [0, 0.1) is 10.1 Å². The van der Waals surface area contributed by atoms with Gasteiger partial charge in [-0.3, -0.25) is 10.1 Å². The Labute approximate surface area is 96.5 Å². The average Bonchev–Trinajstić information content (AvgIpc) is 2.77. The second kappa shape index (κ2) is 4.42. The van der Waals surface area contributed by atoms with Crippen molar-refractivity contribution in [2.24, 2.45) is 5.73 Å². The van der Waals surface area contributed by atoms with Gasteiger partial charge in [0.25, 0.3) is 5.69 Å². The van der Waals surface area contributed by atoms with E-state index in [1.165, 1.54) is 6.07 Å². The molecule has 5 heteroatoms. The number of benzene rings is 1. The summed E-state index contributed by atoms with van der Waals surface area (Å²) >= 11 is 1.56. The zero-order chi connectivity index (χ0) is 11.5. The van der Waals surface area contributed by atoms with Crippen LogP contribution >= 0.6 is 11.3 Å². The van der Waals surface area contributed by atoms with E-state index in [-0.39, 0.29) is 10.6 Å². The molecule has 0 aliphatic carbocycles. The van der Waals surface area contributed by atoms with Gasteiger partial charge in [0.1, 0.15) is 0 Å². The van der Waals surface area contributed by atoms with Gasteiger partial charge in [0.05, 0.1) is 4.92 Å². The highest BCUT2D eigenvalue weighted by molar-refractivity contribution is 7.10. The van der Waals surface area contributed by atoms with E-state index in [4.69, 9.17) is 5.73 Å². The van der Waals surface area contributed by atoms with Crippen LogP contribution in [0.4, 0.5) is 5.69 Å². The minimum absolute atomic E-state index is 0.109. The van der Waals surface area contributed by atoms with E-state index >= 15 is 0 Å². The molecular weight excluding hydrogens is 224 g/mol. The summed E-state index contributed by atoms with van der Waals surface area (Å²) < 4.78 is 0. The van der Waals surface area contributed by atoms with Crippen LogP contribution in [-0.2, 0) is 6.54 Å². The maximum Gasteiger partial charge on any atom is 0.270 e. The molecule has 82 valence electrons. The Balaban J connectivity index is 2.40. The van der Waals surface area contributed by atoms with Gasteiger partial charge in [0.15, 0.2) is 0 Å². The Morgan fingerprint density at radius 1 is 1.31 bits per heavy atom. The third-order valence-electron chi connectivity index (χ3n) is 2.25. The first-order chi connectivity index (χ1) is 7.70. The van der Waals surface area contributed by atoms with Crippen LogP contribution in [0.5, 0.6) is 0 Å². The van der Waals surface area contributed by atoms with Crippen molar-refractivity contribution in [3.63, 3.8) is 0 Å². The fourth-order valence-corrected chi connectivity index (χ4v) is 2.21. The van der Waals surface area contributed by atoms with Crippen molar-refractivity contribution in [3.8, 4) is 11.1 Å². The first-order valence-corrected chi connectivity index (χ1v) is 5.61. The summed E-state index contributed by atoms with van der Waals surface area (Å²) in [5.41, 5.74) is 7.46. The molecular formula is C11H10N2O2S. The van der Waals surface area contributed by atoms with E-state index in [2.05, 4.69) is 0 Å². The number of nitrogens with zero attached hydrogens (tertiary/aromatic N) is 1. The van der Waals surface area contributed by atoms with Gasteiger partial charge >= 0.3 is 0 Å². The molecule has 4 nitrogen and oxygen atoms in total. The summed E-state index contributed by atoms with van der Waals surface area (Å²) in [6.45, 7) is 0.500. The highest BCUT2D eigenvalue weighted by atomic mass is 32.1. The number of nitro benzene ring substituents is 1. The molecule has 0 bridgehead atoms. The molecule has 1 aromatic carbocycles. The minimum Gasteiger partial charge on any atom is -0.326 e. The molecule has 0 radical (unpaired) electrons. The zero-order valence-corrected chi connectivity index (χ0v) is 9.24. The van der Waals surface area contributed by atoms with Crippen LogP contribution in [0.3, 0.4) is 0 Å². The standard InChI is InChI=1S/C11H10N2O2S/c12-6-11-5-9(7-16-11)8-2-1-3-10(4-8)13(14)15/h1-5,7H,6,12H2. The van der Waals surface area contributed by atoms with E-state index in [1.54, 1.807) is 23.5 Å². The van der Waals surface area contributed by atoms with Gasteiger partial charge < -0.3 is 5.73 Å². The quantitative estimate of drug-likeness (QED) is 0.655. The molecule has 0 spiro atoms. The molecule has 0 fully saturated rings. The summed E-state index contributed by atoms with van der Waals surface area (Å²) in [7, 11) is 0. The average molecular weight is 234 g/mol. The van der Waals surface area contributed by atoms with E-state index in [0.717, 1.165) is 16.0 Å².